The Balaban J connectivity index is 2.37. The number of benzene rings is 1. The molecule has 0 atom stereocenters. The van der Waals surface area contributed by atoms with E-state index in [2.05, 4.69) is 10.3 Å². The Kier molecular flexibility index (Phi) is 3.86. The number of nitrogens with one attached hydrogen (secondary N) is 1. The van der Waals surface area contributed by atoms with Gasteiger partial charge in [-0.1, -0.05) is 17.4 Å². The van der Waals surface area contributed by atoms with Crippen LogP contribution in [0.2, 0.25) is 0 Å². The second-order valence-corrected chi connectivity index (χ2v) is 4.95. The van der Waals surface area contributed by atoms with E-state index < -0.39 is 0 Å². The summed E-state index contributed by atoms with van der Waals surface area (Å²) >= 11 is 1.10. The lowest BCUT2D eigenvalue weighted by molar-refractivity contribution is 0.102. The molecule has 0 aliphatic rings. The number of amides is 1. The number of hydrogen-bond acceptors (Lipinski definition) is 6. The zero-order chi connectivity index (χ0) is 14.7. The number of aromatic nitrogens is 1. The van der Waals surface area contributed by atoms with E-state index in [1.165, 1.54) is 7.11 Å². The molecule has 1 aromatic heterocycles. The molecule has 3 N–H and O–H groups in total. The third-order valence-corrected chi connectivity index (χ3v) is 3.61. The third-order valence-electron chi connectivity index (χ3n) is 2.62. The van der Waals surface area contributed by atoms with Gasteiger partial charge in [0.15, 0.2) is 5.13 Å². The van der Waals surface area contributed by atoms with E-state index in [1.54, 1.807) is 25.1 Å². The van der Waals surface area contributed by atoms with Gasteiger partial charge < -0.3 is 15.8 Å². The molecule has 0 spiro atoms. The number of methoxy groups -OCH3 is 1. The van der Waals surface area contributed by atoms with Crippen molar-refractivity contribution in [2.75, 3.05) is 18.2 Å². The van der Waals surface area contributed by atoms with Gasteiger partial charge in [-0.05, 0) is 19.1 Å². The van der Waals surface area contributed by atoms with Crippen LogP contribution in [0.5, 0.6) is 5.75 Å². The van der Waals surface area contributed by atoms with Crippen molar-refractivity contribution in [3.8, 4) is 11.8 Å². The van der Waals surface area contributed by atoms with Gasteiger partial charge in [0.05, 0.1) is 18.4 Å². The highest BCUT2D eigenvalue weighted by molar-refractivity contribution is 7.17. The van der Waals surface area contributed by atoms with Gasteiger partial charge in [-0.3, -0.25) is 4.79 Å². The molecule has 7 heteroatoms. The van der Waals surface area contributed by atoms with Crippen molar-refractivity contribution in [3.63, 3.8) is 0 Å². The highest BCUT2D eigenvalue weighted by Gasteiger charge is 2.18. The number of carbonyl (C=O) groups excluding carboxylic acids is 1. The minimum Gasteiger partial charge on any atom is -0.495 e. The number of nitrogen functional groups attached to an aromatic ring is 1. The maximum absolute atomic E-state index is 12.2. The number of thiazole rings is 1. The minimum atomic E-state index is -0.363. The maximum atomic E-state index is 12.2. The topological polar surface area (TPSA) is 101 Å². The van der Waals surface area contributed by atoms with Gasteiger partial charge >= 0.3 is 0 Å². The number of rotatable bonds is 3. The predicted octanol–water partition coefficient (Wildman–Crippen LogP) is 2.17. The van der Waals surface area contributed by atoms with Crippen LogP contribution in [0.3, 0.4) is 0 Å². The van der Waals surface area contributed by atoms with Crippen molar-refractivity contribution < 1.29 is 9.53 Å². The van der Waals surface area contributed by atoms with Crippen LogP contribution >= 0.6 is 11.3 Å². The number of aryl methyl sites for hydroxylation is 1. The van der Waals surface area contributed by atoms with E-state index in [1.807, 2.05) is 6.07 Å². The van der Waals surface area contributed by atoms with E-state index >= 15 is 0 Å². The molecule has 0 unspecified atom stereocenters. The van der Waals surface area contributed by atoms with E-state index in [4.69, 9.17) is 15.7 Å². The summed E-state index contributed by atoms with van der Waals surface area (Å²) in [6, 6.07) is 6.97. The first-order valence-corrected chi connectivity index (χ1v) is 6.49. The molecule has 0 radical (unpaired) electrons. The number of ether oxygens (including phenoxy) is 1. The average Bonchev–Trinajstić information content (AvgIpc) is 2.78. The molecule has 1 heterocycles. The van der Waals surface area contributed by atoms with Crippen LogP contribution in [0.4, 0.5) is 10.8 Å². The van der Waals surface area contributed by atoms with Crippen molar-refractivity contribution in [1.29, 1.82) is 5.26 Å². The number of para-hydroxylation sites is 1. The van der Waals surface area contributed by atoms with E-state index in [-0.39, 0.29) is 5.91 Å². The number of carbonyl (C=O) groups is 1. The van der Waals surface area contributed by atoms with Crippen LogP contribution in [-0.4, -0.2) is 18.0 Å². The SMILES string of the molecule is COc1cccc(C#N)c1NC(=O)c1sc(N)nc1C. The summed E-state index contributed by atoms with van der Waals surface area (Å²) in [6.07, 6.45) is 0. The molecule has 0 saturated heterocycles. The first-order valence-electron chi connectivity index (χ1n) is 5.68. The van der Waals surface area contributed by atoms with Crippen molar-refractivity contribution in [2.45, 2.75) is 6.92 Å². The lowest BCUT2D eigenvalue weighted by atomic mass is 10.1. The van der Waals surface area contributed by atoms with E-state index in [9.17, 15) is 4.79 Å². The lowest BCUT2D eigenvalue weighted by Crippen LogP contribution is -2.13. The molecule has 0 aliphatic heterocycles. The van der Waals surface area contributed by atoms with Gasteiger partial charge in [-0.25, -0.2) is 4.98 Å². The van der Waals surface area contributed by atoms with Gasteiger partial charge in [0, 0.05) is 0 Å². The van der Waals surface area contributed by atoms with E-state index in [0.717, 1.165) is 11.3 Å². The van der Waals surface area contributed by atoms with Crippen LogP contribution in [0, 0.1) is 18.3 Å². The second kappa shape index (κ2) is 5.59. The van der Waals surface area contributed by atoms with Crippen LogP contribution in [0.25, 0.3) is 0 Å². The van der Waals surface area contributed by atoms with Crippen molar-refractivity contribution in [2.24, 2.45) is 0 Å². The van der Waals surface area contributed by atoms with Crippen molar-refractivity contribution in [3.05, 3.63) is 34.3 Å². The number of hydrogen-bond donors (Lipinski definition) is 2. The average molecular weight is 288 g/mol. The summed E-state index contributed by atoms with van der Waals surface area (Å²) in [6.45, 7) is 1.70. The number of nitriles is 1. The summed E-state index contributed by atoms with van der Waals surface area (Å²) < 4.78 is 5.16. The number of nitrogens with zero attached hydrogens (tertiary/aromatic N) is 2. The number of nitrogens with two attached hydrogens (primary N) is 1. The second-order valence-electron chi connectivity index (χ2n) is 3.92. The highest BCUT2D eigenvalue weighted by Crippen LogP contribution is 2.29. The number of anilines is 2. The fourth-order valence-corrected chi connectivity index (χ4v) is 2.45. The molecular weight excluding hydrogens is 276 g/mol. The van der Waals surface area contributed by atoms with Crippen LogP contribution in [-0.2, 0) is 0 Å². The molecule has 0 saturated carbocycles. The molecule has 1 amide bonds. The fourth-order valence-electron chi connectivity index (χ4n) is 1.72. The first-order chi connectivity index (χ1) is 9.56. The zero-order valence-corrected chi connectivity index (χ0v) is 11.7. The third kappa shape index (κ3) is 2.55. The Morgan fingerprint density at radius 1 is 1.55 bits per heavy atom. The van der Waals surface area contributed by atoms with Crippen LogP contribution < -0.4 is 15.8 Å². The maximum Gasteiger partial charge on any atom is 0.267 e. The van der Waals surface area contributed by atoms with Crippen molar-refractivity contribution >= 4 is 28.1 Å². The molecule has 0 bridgehead atoms. The zero-order valence-electron chi connectivity index (χ0n) is 10.9. The molecule has 2 aromatic rings. The Hall–Kier alpha value is -2.59. The van der Waals surface area contributed by atoms with Crippen LogP contribution in [0.1, 0.15) is 20.9 Å². The Bertz CT molecular complexity index is 703. The summed E-state index contributed by atoms with van der Waals surface area (Å²) in [5.74, 6) is 0.0604. The Morgan fingerprint density at radius 2 is 2.30 bits per heavy atom. The largest absolute Gasteiger partial charge is 0.495 e. The molecule has 102 valence electrons. The van der Waals surface area contributed by atoms with Gasteiger partial charge in [0.2, 0.25) is 0 Å². The summed E-state index contributed by atoms with van der Waals surface area (Å²) in [4.78, 5) is 16.6. The van der Waals surface area contributed by atoms with Crippen LogP contribution in [0.15, 0.2) is 18.2 Å². The Morgan fingerprint density at radius 3 is 2.85 bits per heavy atom. The van der Waals surface area contributed by atoms with E-state index in [0.29, 0.717) is 32.7 Å². The summed E-state index contributed by atoms with van der Waals surface area (Å²) in [5.41, 5.74) is 6.80. The molecule has 1 aromatic carbocycles. The smallest absolute Gasteiger partial charge is 0.267 e. The predicted molar refractivity (Wildman–Crippen MR) is 76.9 cm³/mol. The summed E-state index contributed by atoms with van der Waals surface area (Å²) in [7, 11) is 1.47. The normalized spacial score (nSPS) is 9.85. The lowest BCUT2D eigenvalue weighted by Gasteiger charge is -2.11. The van der Waals surface area contributed by atoms with Gasteiger partial charge in [-0.2, -0.15) is 5.26 Å². The molecule has 0 fully saturated rings. The van der Waals surface area contributed by atoms with Crippen molar-refractivity contribution in [1.82, 2.24) is 4.98 Å². The molecule has 6 nitrogen and oxygen atoms in total. The molecule has 0 aliphatic carbocycles. The summed E-state index contributed by atoms with van der Waals surface area (Å²) in [5, 5.41) is 12.1. The highest BCUT2D eigenvalue weighted by atomic mass is 32.1. The monoisotopic (exact) mass is 288 g/mol. The fraction of sp³-hybridized carbons (Fsp3) is 0.154. The standard InChI is InChI=1S/C13H12N4O2S/c1-7-11(20-13(15)16-7)12(18)17-10-8(6-14)4-3-5-9(10)19-2/h3-5H,1-2H3,(H2,15,16)(H,17,18). The van der Waals surface area contributed by atoms with Gasteiger partial charge in [0.25, 0.3) is 5.91 Å². The molecular formula is C13H12N4O2S. The van der Waals surface area contributed by atoms with Gasteiger partial charge in [-0.15, -0.1) is 0 Å². The first kappa shape index (κ1) is 13.8. The minimum absolute atomic E-state index is 0.327. The molecule has 2 rings (SSSR count). The Labute approximate surface area is 119 Å². The molecule has 20 heavy (non-hydrogen) atoms. The van der Waals surface area contributed by atoms with Gasteiger partial charge in [0.1, 0.15) is 22.4 Å². The quantitative estimate of drug-likeness (QED) is 0.901.